The van der Waals surface area contributed by atoms with Gasteiger partial charge in [-0.2, -0.15) is 0 Å². The minimum absolute atomic E-state index is 0.0105. The van der Waals surface area contributed by atoms with Gasteiger partial charge in [-0.05, 0) is 18.9 Å². The molecule has 0 atom stereocenters. The third-order valence-electron chi connectivity index (χ3n) is 3.44. The molecule has 5 heteroatoms. The number of carbonyl (C=O) groups is 2. The van der Waals surface area contributed by atoms with Gasteiger partial charge in [-0.3, -0.25) is 14.5 Å². The zero-order valence-electron chi connectivity index (χ0n) is 12.2. The van der Waals surface area contributed by atoms with Crippen LogP contribution in [-0.2, 0) is 9.53 Å². The number of hydrogen-bond donors (Lipinski definition) is 1. The van der Waals surface area contributed by atoms with Crippen molar-refractivity contribution in [1.82, 2.24) is 10.2 Å². The number of unbranched alkanes of at least 4 members (excludes halogenated alkanes) is 1. The number of fused-ring (bicyclic) bond motifs is 1. The van der Waals surface area contributed by atoms with Crippen molar-refractivity contribution in [2.45, 2.75) is 12.8 Å². The van der Waals surface area contributed by atoms with E-state index >= 15 is 0 Å². The van der Waals surface area contributed by atoms with E-state index in [1.54, 1.807) is 13.2 Å². The highest BCUT2D eigenvalue weighted by molar-refractivity contribution is 6.10. The summed E-state index contributed by atoms with van der Waals surface area (Å²) in [4.78, 5) is 25.5. The summed E-state index contributed by atoms with van der Waals surface area (Å²) in [6, 6.07) is 7.27. The van der Waals surface area contributed by atoms with Crippen molar-refractivity contribution in [3.63, 3.8) is 0 Å². The lowest BCUT2D eigenvalue weighted by molar-refractivity contribution is -0.121. The topological polar surface area (TPSA) is 58.6 Å². The number of benzene rings is 1. The lowest BCUT2D eigenvalue weighted by Gasteiger charge is -2.16. The average molecular weight is 288 g/mol. The molecule has 0 saturated carbocycles. The van der Waals surface area contributed by atoms with Crippen molar-refractivity contribution in [1.29, 1.82) is 0 Å². The summed E-state index contributed by atoms with van der Waals surface area (Å²) in [5.41, 5.74) is 2.00. The van der Waals surface area contributed by atoms with Gasteiger partial charge in [0.05, 0.1) is 0 Å². The van der Waals surface area contributed by atoms with E-state index in [1.807, 2.05) is 18.2 Å². The van der Waals surface area contributed by atoms with Gasteiger partial charge in [-0.15, -0.1) is 0 Å². The van der Waals surface area contributed by atoms with Crippen molar-refractivity contribution < 1.29 is 14.3 Å². The van der Waals surface area contributed by atoms with Gasteiger partial charge in [0.15, 0.2) is 0 Å². The van der Waals surface area contributed by atoms with Crippen LogP contribution in [0.4, 0.5) is 0 Å². The molecule has 5 nitrogen and oxygen atoms in total. The molecule has 0 aliphatic carbocycles. The summed E-state index contributed by atoms with van der Waals surface area (Å²) in [6.45, 7) is 5.19. The average Bonchev–Trinajstić information content (AvgIpc) is 2.73. The number of carbonyl (C=O) groups excluding carboxylic acids is 2. The van der Waals surface area contributed by atoms with Crippen LogP contribution in [0.3, 0.4) is 0 Å². The molecule has 21 heavy (non-hydrogen) atoms. The van der Waals surface area contributed by atoms with Crippen LogP contribution in [-0.4, -0.2) is 43.5 Å². The van der Waals surface area contributed by atoms with Gasteiger partial charge in [0.1, 0.15) is 6.54 Å². The van der Waals surface area contributed by atoms with Crippen LogP contribution in [0.25, 0.3) is 5.70 Å². The molecule has 1 aromatic rings. The second kappa shape index (κ2) is 7.04. The Hall–Kier alpha value is -2.14. The van der Waals surface area contributed by atoms with E-state index in [0.717, 1.165) is 18.4 Å². The van der Waals surface area contributed by atoms with Gasteiger partial charge in [-0.25, -0.2) is 0 Å². The summed E-state index contributed by atoms with van der Waals surface area (Å²) >= 11 is 0. The van der Waals surface area contributed by atoms with E-state index in [0.29, 0.717) is 24.4 Å². The second-order valence-electron chi connectivity index (χ2n) is 4.93. The Bertz CT molecular complexity index is 519. The molecular formula is C16H20N2O3. The van der Waals surface area contributed by atoms with Gasteiger partial charge < -0.3 is 10.1 Å². The van der Waals surface area contributed by atoms with E-state index in [-0.39, 0.29) is 18.4 Å². The molecule has 0 radical (unpaired) electrons. The van der Waals surface area contributed by atoms with Gasteiger partial charge in [0, 0.05) is 37.1 Å². The Morgan fingerprint density at radius 2 is 2.00 bits per heavy atom. The van der Waals surface area contributed by atoms with Gasteiger partial charge in [0.2, 0.25) is 5.91 Å². The summed E-state index contributed by atoms with van der Waals surface area (Å²) in [5, 5.41) is 2.81. The molecule has 0 unspecified atom stereocenters. The molecule has 1 heterocycles. The maximum absolute atomic E-state index is 12.2. The molecule has 0 bridgehead atoms. The van der Waals surface area contributed by atoms with E-state index in [9.17, 15) is 9.59 Å². The highest BCUT2D eigenvalue weighted by Gasteiger charge is 2.31. The van der Waals surface area contributed by atoms with Crippen LogP contribution in [0.5, 0.6) is 0 Å². The Morgan fingerprint density at radius 1 is 1.29 bits per heavy atom. The van der Waals surface area contributed by atoms with Crippen LogP contribution in [0.2, 0.25) is 0 Å². The molecule has 2 amide bonds. The quantitative estimate of drug-likeness (QED) is 0.776. The molecular weight excluding hydrogens is 268 g/mol. The summed E-state index contributed by atoms with van der Waals surface area (Å²) in [5.74, 6) is -0.333. The van der Waals surface area contributed by atoms with Crippen LogP contribution in [0, 0.1) is 0 Å². The molecule has 1 aliphatic rings. The molecule has 0 spiro atoms. The predicted molar refractivity (Wildman–Crippen MR) is 80.6 cm³/mol. The number of hydrogen-bond acceptors (Lipinski definition) is 3. The van der Waals surface area contributed by atoms with Crippen LogP contribution in [0.15, 0.2) is 30.8 Å². The number of rotatable bonds is 7. The molecule has 1 aliphatic heterocycles. The minimum atomic E-state index is -0.172. The van der Waals surface area contributed by atoms with E-state index in [1.165, 1.54) is 4.90 Å². The Kier molecular flexibility index (Phi) is 5.11. The normalized spacial score (nSPS) is 13.5. The van der Waals surface area contributed by atoms with E-state index in [4.69, 9.17) is 4.74 Å². The van der Waals surface area contributed by atoms with Crippen LogP contribution in [0.1, 0.15) is 28.8 Å². The maximum atomic E-state index is 12.2. The SMILES string of the molecule is C=C1c2ccccc2C(=O)N1CC(=O)NCCCCOC. The van der Waals surface area contributed by atoms with Crippen molar-refractivity contribution in [3.05, 3.63) is 42.0 Å². The van der Waals surface area contributed by atoms with Gasteiger partial charge in [0.25, 0.3) is 5.91 Å². The largest absolute Gasteiger partial charge is 0.385 e. The number of amides is 2. The van der Waals surface area contributed by atoms with Crippen molar-refractivity contribution >= 4 is 17.5 Å². The van der Waals surface area contributed by atoms with Crippen molar-refractivity contribution in [2.24, 2.45) is 0 Å². The molecule has 112 valence electrons. The first-order chi connectivity index (χ1) is 10.1. The number of methoxy groups -OCH3 is 1. The number of nitrogens with zero attached hydrogens (tertiary/aromatic N) is 1. The summed E-state index contributed by atoms with van der Waals surface area (Å²) in [6.07, 6.45) is 1.76. The zero-order valence-corrected chi connectivity index (χ0v) is 12.2. The predicted octanol–water partition coefficient (Wildman–Crippen LogP) is 1.66. The fourth-order valence-corrected chi connectivity index (χ4v) is 2.30. The highest BCUT2D eigenvalue weighted by Crippen LogP contribution is 2.30. The molecule has 1 aromatic carbocycles. The smallest absolute Gasteiger partial charge is 0.259 e. The Balaban J connectivity index is 1.86. The zero-order chi connectivity index (χ0) is 15.2. The third-order valence-corrected chi connectivity index (χ3v) is 3.44. The van der Waals surface area contributed by atoms with Crippen molar-refractivity contribution in [2.75, 3.05) is 26.8 Å². The number of ether oxygens (including phenoxy) is 1. The van der Waals surface area contributed by atoms with Crippen LogP contribution < -0.4 is 5.32 Å². The lowest BCUT2D eigenvalue weighted by Crippen LogP contribution is -2.37. The molecule has 1 N–H and O–H groups in total. The van der Waals surface area contributed by atoms with E-state index < -0.39 is 0 Å². The third kappa shape index (κ3) is 3.49. The van der Waals surface area contributed by atoms with Gasteiger partial charge >= 0.3 is 0 Å². The first-order valence-corrected chi connectivity index (χ1v) is 7.01. The molecule has 0 aromatic heterocycles. The summed E-state index contributed by atoms with van der Waals surface area (Å²) in [7, 11) is 1.65. The second-order valence-corrected chi connectivity index (χ2v) is 4.93. The van der Waals surface area contributed by atoms with E-state index in [2.05, 4.69) is 11.9 Å². The Labute approximate surface area is 124 Å². The fraction of sp³-hybridized carbons (Fsp3) is 0.375. The first kappa shape index (κ1) is 15.3. The van der Waals surface area contributed by atoms with Gasteiger partial charge in [-0.1, -0.05) is 24.8 Å². The van der Waals surface area contributed by atoms with Crippen molar-refractivity contribution in [3.8, 4) is 0 Å². The maximum Gasteiger partial charge on any atom is 0.259 e. The number of nitrogens with one attached hydrogen (secondary N) is 1. The standard InChI is InChI=1S/C16H20N2O3/c1-12-13-7-3-4-8-14(13)16(20)18(12)11-15(19)17-9-5-6-10-21-2/h3-4,7-8H,1,5-6,9-11H2,2H3,(H,17,19). The highest BCUT2D eigenvalue weighted by atomic mass is 16.5. The lowest BCUT2D eigenvalue weighted by atomic mass is 10.1. The fourth-order valence-electron chi connectivity index (χ4n) is 2.30. The first-order valence-electron chi connectivity index (χ1n) is 7.01. The van der Waals surface area contributed by atoms with Crippen LogP contribution >= 0.6 is 0 Å². The summed E-state index contributed by atoms with van der Waals surface area (Å²) < 4.78 is 4.94. The molecule has 2 rings (SSSR count). The molecule has 0 fully saturated rings. The minimum Gasteiger partial charge on any atom is -0.385 e. The monoisotopic (exact) mass is 288 g/mol. The molecule has 0 saturated heterocycles. The Morgan fingerprint density at radius 3 is 2.67 bits per heavy atom.